The van der Waals surface area contributed by atoms with Crippen molar-refractivity contribution in [2.75, 3.05) is 26.3 Å². The highest BCUT2D eigenvalue weighted by atomic mass is 16.5. The van der Waals surface area contributed by atoms with Gasteiger partial charge < -0.3 is 19.7 Å². The lowest BCUT2D eigenvalue weighted by atomic mass is 10.0. The second-order valence-corrected chi connectivity index (χ2v) is 5.97. The van der Waals surface area contributed by atoms with Crippen LogP contribution in [0.2, 0.25) is 0 Å². The number of esters is 1. The van der Waals surface area contributed by atoms with Gasteiger partial charge in [-0.25, -0.2) is 0 Å². The van der Waals surface area contributed by atoms with Crippen LogP contribution in [0.5, 0.6) is 0 Å². The normalized spacial score (nSPS) is 22.0. The highest BCUT2D eigenvalue weighted by Crippen LogP contribution is 2.15. The number of carbonyl (C=O) groups is 3. The van der Waals surface area contributed by atoms with Crippen LogP contribution in [-0.4, -0.2) is 61.1 Å². The molecule has 2 fully saturated rings. The van der Waals surface area contributed by atoms with Gasteiger partial charge >= 0.3 is 5.97 Å². The van der Waals surface area contributed by atoms with Crippen molar-refractivity contribution in [1.29, 1.82) is 0 Å². The maximum Gasteiger partial charge on any atom is 0.306 e. The predicted octanol–water partition coefficient (Wildman–Crippen LogP) is 0.616. The average Bonchev–Trinajstić information content (AvgIpc) is 3.08. The minimum absolute atomic E-state index is 0.0260. The van der Waals surface area contributed by atoms with E-state index < -0.39 is 0 Å². The van der Waals surface area contributed by atoms with Crippen LogP contribution >= 0.6 is 0 Å². The van der Waals surface area contributed by atoms with Gasteiger partial charge in [0.15, 0.2) is 0 Å². The summed E-state index contributed by atoms with van der Waals surface area (Å²) in [6.07, 6.45) is 3.21. The number of piperidine rings is 1. The van der Waals surface area contributed by atoms with Crippen molar-refractivity contribution in [3.63, 3.8) is 0 Å². The van der Waals surface area contributed by atoms with Crippen LogP contribution < -0.4 is 5.32 Å². The topological polar surface area (TPSA) is 84.9 Å². The molecular weight excluding hydrogens is 300 g/mol. The van der Waals surface area contributed by atoms with Gasteiger partial charge in [0.25, 0.3) is 0 Å². The van der Waals surface area contributed by atoms with Gasteiger partial charge in [-0.1, -0.05) is 0 Å². The van der Waals surface area contributed by atoms with E-state index in [0.29, 0.717) is 26.3 Å². The van der Waals surface area contributed by atoms with Crippen molar-refractivity contribution in [3.05, 3.63) is 0 Å². The second kappa shape index (κ2) is 8.86. The van der Waals surface area contributed by atoms with E-state index in [4.69, 9.17) is 9.47 Å². The lowest BCUT2D eigenvalue weighted by Crippen LogP contribution is -2.48. The fourth-order valence-electron chi connectivity index (χ4n) is 2.95. The van der Waals surface area contributed by atoms with E-state index in [-0.39, 0.29) is 42.8 Å². The molecule has 2 aliphatic rings. The summed E-state index contributed by atoms with van der Waals surface area (Å²) in [7, 11) is 0. The number of carbonyl (C=O) groups excluding carboxylic acids is 3. The van der Waals surface area contributed by atoms with E-state index in [0.717, 1.165) is 25.7 Å². The molecular formula is C16H26N2O5. The van der Waals surface area contributed by atoms with E-state index in [9.17, 15) is 14.4 Å². The van der Waals surface area contributed by atoms with Crippen LogP contribution in [0.15, 0.2) is 0 Å². The molecule has 130 valence electrons. The third-order valence-corrected chi connectivity index (χ3v) is 4.26. The Bertz CT molecular complexity index is 426. The largest absolute Gasteiger partial charge is 0.466 e. The van der Waals surface area contributed by atoms with Crippen LogP contribution in [0.25, 0.3) is 0 Å². The van der Waals surface area contributed by atoms with Crippen LogP contribution in [-0.2, 0) is 23.9 Å². The fraction of sp³-hybridized carbons (Fsp3) is 0.812. The molecule has 2 saturated heterocycles. The summed E-state index contributed by atoms with van der Waals surface area (Å²) in [4.78, 5) is 37.1. The Morgan fingerprint density at radius 1 is 1.17 bits per heavy atom. The summed E-state index contributed by atoms with van der Waals surface area (Å²) in [5.41, 5.74) is 0. The molecule has 23 heavy (non-hydrogen) atoms. The van der Waals surface area contributed by atoms with Crippen LogP contribution in [0.4, 0.5) is 0 Å². The molecule has 2 aliphatic heterocycles. The SMILES string of the molecule is CCOC(=O)CCC(=O)N1CCC(NC(=O)C2CCCO2)CC1. The molecule has 2 rings (SSSR count). The molecule has 0 aromatic heterocycles. The number of nitrogens with one attached hydrogen (secondary N) is 1. The molecule has 1 N–H and O–H groups in total. The fourth-order valence-corrected chi connectivity index (χ4v) is 2.95. The number of amides is 2. The zero-order valence-electron chi connectivity index (χ0n) is 13.7. The van der Waals surface area contributed by atoms with E-state index >= 15 is 0 Å². The number of hydrogen-bond donors (Lipinski definition) is 1. The highest BCUT2D eigenvalue weighted by Gasteiger charge is 2.28. The van der Waals surface area contributed by atoms with Crippen molar-refractivity contribution in [2.24, 2.45) is 0 Å². The minimum atomic E-state index is -0.334. The first-order valence-corrected chi connectivity index (χ1v) is 8.45. The molecule has 2 amide bonds. The third-order valence-electron chi connectivity index (χ3n) is 4.26. The van der Waals surface area contributed by atoms with Crippen molar-refractivity contribution in [2.45, 2.75) is 57.6 Å². The van der Waals surface area contributed by atoms with Gasteiger partial charge in [0.05, 0.1) is 13.0 Å². The first-order chi connectivity index (χ1) is 11.1. The van der Waals surface area contributed by atoms with Gasteiger partial charge in [0.1, 0.15) is 6.10 Å². The molecule has 0 bridgehead atoms. The van der Waals surface area contributed by atoms with Crippen LogP contribution in [0.1, 0.15) is 45.4 Å². The summed E-state index contributed by atoms with van der Waals surface area (Å²) < 4.78 is 10.2. The Kier molecular flexibility index (Phi) is 6.83. The molecule has 2 heterocycles. The number of nitrogens with zero attached hydrogens (tertiary/aromatic N) is 1. The van der Waals surface area contributed by atoms with Gasteiger partial charge in [0, 0.05) is 32.2 Å². The molecule has 1 unspecified atom stereocenters. The summed E-state index contributed by atoms with van der Waals surface area (Å²) in [5, 5.41) is 3.01. The highest BCUT2D eigenvalue weighted by molar-refractivity contribution is 5.82. The maximum atomic E-state index is 12.1. The van der Waals surface area contributed by atoms with E-state index in [2.05, 4.69) is 5.32 Å². The molecule has 0 saturated carbocycles. The summed E-state index contributed by atoms with van der Waals surface area (Å²) in [5.74, 6) is -0.392. The first-order valence-electron chi connectivity index (χ1n) is 8.45. The number of hydrogen-bond acceptors (Lipinski definition) is 5. The second-order valence-electron chi connectivity index (χ2n) is 5.97. The Labute approximate surface area is 136 Å². The molecule has 0 aliphatic carbocycles. The quantitative estimate of drug-likeness (QED) is 0.723. The van der Waals surface area contributed by atoms with Crippen LogP contribution in [0, 0.1) is 0 Å². The molecule has 0 aromatic carbocycles. The Morgan fingerprint density at radius 2 is 1.91 bits per heavy atom. The van der Waals surface area contributed by atoms with Gasteiger partial charge in [-0.15, -0.1) is 0 Å². The lowest BCUT2D eigenvalue weighted by Gasteiger charge is -2.32. The zero-order valence-corrected chi connectivity index (χ0v) is 13.7. The molecule has 0 radical (unpaired) electrons. The minimum Gasteiger partial charge on any atom is -0.466 e. The number of likely N-dealkylation sites (tertiary alicyclic amines) is 1. The lowest BCUT2D eigenvalue weighted by molar-refractivity contribution is -0.146. The van der Waals surface area contributed by atoms with Crippen molar-refractivity contribution < 1.29 is 23.9 Å². The van der Waals surface area contributed by atoms with Gasteiger partial charge in [-0.2, -0.15) is 0 Å². The zero-order chi connectivity index (χ0) is 16.7. The monoisotopic (exact) mass is 326 g/mol. The van der Waals surface area contributed by atoms with E-state index in [1.807, 2.05) is 0 Å². The Hall–Kier alpha value is -1.63. The standard InChI is InChI=1S/C16H26N2O5/c1-2-22-15(20)6-5-14(19)18-9-7-12(8-10-18)17-16(21)13-4-3-11-23-13/h12-13H,2-11H2,1H3,(H,17,21). The molecule has 0 aromatic rings. The summed E-state index contributed by atoms with van der Waals surface area (Å²) >= 11 is 0. The van der Waals surface area contributed by atoms with Crippen molar-refractivity contribution in [3.8, 4) is 0 Å². The smallest absolute Gasteiger partial charge is 0.306 e. The van der Waals surface area contributed by atoms with Crippen LogP contribution in [0.3, 0.4) is 0 Å². The third kappa shape index (κ3) is 5.49. The van der Waals surface area contributed by atoms with Crippen molar-refractivity contribution in [1.82, 2.24) is 10.2 Å². The molecule has 7 heteroatoms. The molecule has 0 spiro atoms. The average molecular weight is 326 g/mol. The van der Waals surface area contributed by atoms with E-state index in [1.54, 1.807) is 11.8 Å². The number of rotatable bonds is 6. The maximum absolute atomic E-state index is 12.1. The summed E-state index contributed by atoms with van der Waals surface area (Å²) in [6, 6.07) is 0.0980. The number of ether oxygens (including phenoxy) is 2. The van der Waals surface area contributed by atoms with Gasteiger partial charge in [-0.3, -0.25) is 14.4 Å². The van der Waals surface area contributed by atoms with Crippen molar-refractivity contribution >= 4 is 17.8 Å². The van der Waals surface area contributed by atoms with Gasteiger partial charge in [0.2, 0.25) is 11.8 Å². The van der Waals surface area contributed by atoms with Gasteiger partial charge in [-0.05, 0) is 32.6 Å². The predicted molar refractivity (Wildman–Crippen MR) is 82.6 cm³/mol. The molecule has 7 nitrogen and oxygen atoms in total. The first kappa shape index (κ1) is 17.7. The Morgan fingerprint density at radius 3 is 2.52 bits per heavy atom. The van der Waals surface area contributed by atoms with E-state index in [1.165, 1.54) is 0 Å². The Balaban J connectivity index is 1.65. The molecule has 1 atom stereocenters. The summed E-state index contributed by atoms with van der Waals surface area (Å²) in [6.45, 7) is 3.96.